The monoisotopic (exact) mass is 215 g/mol. The number of pyridine rings is 1. The van der Waals surface area contributed by atoms with E-state index in [2.05, 4.69) is 4.98 Å². The highest BCUT2D eigenvalue weighted by atomic mass is 19.4. The Morgan fingerprint density at radius 1 is 1.33 bits per heavy atom. The smallest absolute Gasteiger partial charge is 0.299 e. The lowest BCUT2D eigenvalue weighted by Gasteiger charge is -2.24. The highest BCUT2D eigenvalue weighted by molar-refractivity contribution is 5.91. The number of carbonyl (C=O) groups is 1. The number of hydrogen-bond acceptors (Lipinski definition) is 2. The molecule has 2 rings (SSSR count). The Kier molecular flexibility index (Phi) is 2.25. The number of ketones is 1. The Bertz CT molecular complexity index is 400. The number of Topliss-reactive ketones (excluding diaryl/α,β-unsaturated/α-hetero) is 1. The minimum atomic E-state index is -4.39. The van der Waals surface area contributed by atoms with E-state index in [-0.39, 0.29) is 11.7 Å². The predicted octanol–water partition coefficient (Wildman–Crippen LogP) is 2.55. The molecule has 1 unspecified atom stereocenters. The second-order valence-electron chi connectivity index (χ2n) is 3.56. The van der Waals surface area contributed by atoms with Gasteiger partial charge in [-0.15, -0.1) is 0 Å². The molecule has 5 heteroatoms. The highest BCUT2D eigenvalue weighted by Crippen LogP contribution is 2.35. The van der Waals surface area contributed by atoms with Gasteiger partial charge in [0.1, 0.15) is 5.78 Å². The Morgan fingerprint density at radius 2 is 2.07 bits per heavy atom. The Morgan fingerprint density at radius 3 is 2.53 bits per heavy atom. The van der Waals surface area contributed by atoms with E-state index in [4.69, 9.17) is 0 Å². The summed E-state index contributed by atoms with van der Waals surface area (Å²) in [5.41, 5.74) is -0.416. The summed E-state index contributed by atoms with van der Waals surface area (Å²) in [5, 5.41) is 0. The number of halogens is 3. The maximum Gasteiger partial charge on any atom is 0.417 e. The summed E-state index contributed by atoms with van der Waals surface area (Å²) in [6.07, 6.45) is -1.21. The molecule has 1 heterocycles. The molecule has 0 bridgehead atoms. The zero-order valence-corrected chi connectivity index (χ0v) is 7.71. The van der Waals surface area contributed by atoms with Crippen LogP contribution in [0, 0.1) is 0 Å². The Hall–Kier alpha value is -1.39. The van der Waals surface area contributed by atoms with Gasteiger partial charge in [0.15, 0.2) is 0 Å². The molecule has 0 radical (unpaired) electrons. The van der Waals surface area contributed by atoms with Gasteiger partial charge in [0, 0.05) is 24.7 Å². The van der Waals surface area contributed by atoms with Gasteiger partial charge in [-0.3, -0.25) is 9.78 Å². The van der Waals surface area contributed by atoms with Crippen LogP contribution < -0.4 is 0 Å². The number of alkyl halides is 3. The maximum absolute atomic E-state index is 12.3. The highest BCUT2D eigenvalue weighted by Gasteiger charge is 2.34. The molecule has 1 saturated carbocycles. The third-order valence-corrected chi connectivity index (χ3v) is 2.56. The van der Waals surface area contributed by atoms with Crippen molar-refractivity contribution in [1.82, 2.24) is 4.98 Å². The molecule has 1 aliphatic rings. The van der Waals surface area contributed by atoms with Gasteiger partial charge in [-0.1, -0.05) is 0 Å². The summed E-state index contributed by atoms with van der Waals surface area (Å²) in [4.78, 5) is 14.6. The lowest BCUT2D eigenvalue weighted by atomic mass is 9.79. The van der Waals surface area contributed by atoms with Crippen molar-refractivity contribution in [3.05, 3.63) is 29.6 Å². The van der Waals surface area contributed by atoms with Gasteiger partial charge in [-0.2, -0.15) is 13.2 Å². The van der Waals surface area contributed by atoms with Crippen LogP contribution in [0.2, 0.25) is 0 Å². The zero-order chi connectivity index (χ0) is 11.1. The third kappa shape index (κ3) is 1.86. The van der Waals surface area contributed by atoms with Crippen LogP contribution in [0.25, 0.3) is 0 Å². The van der Waals surface area contributed by atoms with Gasteiger partial charge < -0.3 is 0 Å². The van der Waals surface area contributed by atoms with Crippen molar-refractivity contribution in [3.63, 3.8) is 0 Å². The Balaban J connectivity index is 2.31. The molecule has 0 saturated heterocycles. The van der Waals surface area contributed by atoms with Gasteiger partial charge in [0.2, 0.25) is 0 Å². The van der Waals surface area contributed by atoms with E-state index in [9.17, 15) is 18.0 Å². The first-order valence-corrected chi connectivity index (χ1v) is 4.53. The van der Waals surface area contributed by atoms with Crippen LogP contribution in [0.15, 0.2) is 18.5 Å². The molecule has 1 aliphatic carbocycles. The normalized spacial score (nSPS) is 21.3. The SMILES string of the molecule is O=C1CCC1c1cncc(C(F)(F)F)c1. The van der Waals surface area contributed by atoms with E-state index in [1.54, 1.807) is 0 Å². The molecule has 1 aromatic rings. The van der Waals surface area contributed by atoms with Crippen LogP contribution >= 0.6 is 0 Å². The number of hydrogen-bond donors (Lipinski definition) is 0. The molecule has 1 aromatic heterocycles. The average molecular weight is 215 g/mol. The molecular weight excluding hydrogens is 207 g/mol. The molecule has 80 valence electrons. The molecule has 0 aliphatic heterocycles. The predicted molar refractivity (Wildman–Crippen MR) is 46.2 cm³/mol. The average Bonchev–Trinajstić information content (AvgIpc) is 2.15. The van der Waals surface area contributed by atoms with Crippen LogP contribution in [0.3, 0.4) is 0 Å². The third-order valence-electron chi connectivity index (χ3n) is 2.56. The topological polar surface area (TPSA) is 30.0 Å². The number of aromatic nitrogens is 1. The molecule has 15 heavy (non-hydrogen) atoms. The van der Waals surface area contributed by atoms with Gasteiger partial charge >= 0.3 is 6.18 Å². The van der Waals surface area contributed by atoms with Crippen LogP contribution in [0.5, 0.6) is 0 Å². The maximum atomic E-state index is 12.3. The van der Waals surface area contributed by atoms with Crippen molar-refractivity contribution in [2.24, 2.45) is 0 Å². The first kappa shape index (κ1) is 10.1. The molecular formula is C10H8F3NO. The second-order valence-corrected chi connectivity index (χ2v) is 3.56. The zero-order valence-electron chi connectivity index (χ0n) is 7.71. The molecule has 0 N–H and O–H groups in total. The van der Waals surface area contributed by atoms with Crippen LogP contribution in [0.4, 0.5) is 13.2 Å². The Labute approximate surface area is 84.1 Å². The van der Waals surface area contributed by atoms with Crippen molar-refractivity contribution < 1.29 is 18.0 Å². The molecule has 1 atom stereocenters. The fraction of sp³-hybridized carbons (Fsp3) is 0.400. The summed E-state index contributed by atoms with van der Waals surface area (Å²) in [6.45, 7) is 0. The first-order chi connectivity index (χ1) is 6.98. The largest absolute Gasteiger partial charge is 0.417 e. The van der Waals surface area contributed by atoms with E-state index >= 15 is 0 Å². The molecule has 0 spiro atoms. The van der Waals surface area contributed by atoms with Crippen LogP contribution in [0.1, 0.15) is 29.9 Å². The summed E-state index contributed by atoms with van der Waals surface area (Å²) in [6, 6.07) is 1.01. The quantitative estimate of drug-likeness (QED) is 0.720. The number of carbonyl (C=O) groups excluding carboxylic acids is 1. The summed E-state index contributed by atoms with van der Waals surface area (Å²) >= 11 is 0. The minimum absolute atomic E-state index is 0.00359. The van der Waals surface area contributed by atoms with Crippen molar-refractivity contribution in [3.8, 4) is 0 Å². The summed E-state index contributed by atoms with van der Waals surface area (Å²) < 4.78 is 37.0. The van der Waals surface area contributed by atoms with E-state index in [0.717, 1.165) is 12.3 Å². The molecule has 1 fully saturated rings. The fourth-order valence-corrected chi connectivity index (χ4v) is 1.56. The van der Waals surface area contributed by atoms with Crippen LogP contribution in [-0.4, -0.2) is 10.8 Å². The first-order valence-electron chi connectivity index (χ1n) is 4.53. The van der Waals surface area contributed by atoms with E-state index < -0.39 is 11.7 Å². The molecule has 2 nitrogen and oxygen atoms in total. The lowest BCUT2D eigenvalue weighted by molar-refractivity contribution is -0.138. The van der Waals surface area contributed by atoms with E-state index in [1.807, 2.05) is 0 Å². The standard InChI is InChI=1S/C10H8F3NO/c11-10(12,13)7-3-6(4-14-5-7)8-1-2-9(8)15/h3-5,8H,1-2H2. The van der Waals surface area contributed by atoms with Gasteiger partial charge in [0.05, 0.1) is 5.56 Å². The molecule has 0 amide bonds. The van der Waals surface area contributed by atoms with Crippen molar-refractivity contribution in [1.29, 1.82) is 0 Å². The van der Waals surface area contributed by atoms with Crippen molar-refractivity contribution >= 4 is 5.78 Å². The number of rotatable bonds is 1. The van der Waals surface area contributed by atoms with Crippen LogP contribution in [-0.2, 0) is 11.0 Å². The summed E-state index contributed by atoms with van der Waals surface area (Å²) in [7, 11) is 0. The summed E-state index contributed by atoms with van der Waals surface area (Å²) in [5.74, 6) is -0.379. The second kappa shape index (κ2) is 3.32. The lowest BCUT2D eigenvalue weighted by Crippen LogP contribution is -2.23. The van der Waals surface area contributed by atoms with Gasteiger partial charge in [-0.05, 0) is 18.1 Å². The van der Waals surface area contributed by atoms with Crippen molar-refractivity contribution in [2.75, 3.05) is 0 Å². The van der Waals surface area contributed by atoms with E-state index in [0.29, 0.717) is 18.4 Å². The van der Waals surface area contributed by atoms with Gasteiger partial charge in [0.25, 0.3) is 0 Å². The van der Waals surface area contributed by atoms with E-state index in [1.165, 1.54) is 6.20 Å². The minimum Gasteiger partial charge on any atom is -0.299 e. The molecule has 0 aromatic carbocycles. The van der Waals surface area contributed by atoms with Crippen molar-refractivity contribution in [2.45, 2.75) is 24.9 Å². The number of nitrogens with zero attached hydrogens (tertiary/aromatic N) is 1. The fourth-order valence-electron chi connectivity index (χ4n) is 1.56. The van der Waals surface area contributed by atoms with Gasteiger partial charge in [-0.25, -0.2) is 0 Å².